The van der Waals surface area contributed by atoms with Crippen LogP contribution in [0.3, 0.4) is 0 Å². The van der Waals surface area contributed by atoms with E-state index in [9.17, 15) is 17.1 Å². The van der Waals surface area contributed by atoms with Gasteiger partial charge in [-0.05, 0) is 6.07 Å². The standard InChI is InChI=1S/C6H5FO5S/c1-11-6(8)5-4(2-3-12-5)13(7,9)10/h2-3H,1H3. The van der Waals surface area contributed by atoms with Crippen molar-refractivity contribution in [2.45, 2.75) is 4.90 Å². The van der Waals surface area contributed by atoms with E-state index in [-0.39, 0.29) is 0 Å². The first kappa shape index (κ1) is 9.72. The summed E-state index contributed by atoms with van der Waals surface area (Å²) in [4.78, 5) is 9.97. The molecule has 0 bridgehead atoms. The number of furan rings is 1. The van der Waals surface area contributed by atoms with E-state index in [2.05, 4.69) is 9.15 Å². The quantitative estimate of drug-likeness (QED) is 0.529. The van der Waals surface area contributed by atoms with Crippen LogP contribution in [0.1, 0.15) is 10.6 Å². The zero-order valence-corrected chi connectivity index (χ0v) is 7.30. The molecule has 72 valence electrons. The van der Waals surface area contributed by atoms with Crippen LogP contribution in [-0.4, -0.2) is 21.5 Å². The number of esters is 1. The molecule has 0 aliphatic heterocycles. The first-order valence-corrected chi connectivity index (χ1v) is 4.45. The van der Waals surface area contributed by atoms with E-state index >= 15 is 0 Å². The maximum Gasteiger partial charge on any atom is 0.375 e. The average molecular weight is 208 g/mol. The lowest BCUT2D eigenvalue weighted by Crippen LogP contribution is -2.04. The lowest BCUT2D eigenvalue weighted by Gasteiger charge is -1.95. The van der Waals surface area contributed by atoms with Gasteiger partial charge < -0.3 is 9.15 Å². The number of carbonyl (C=O) groups is 1. The summed E-state index contributed by atoms with van der Waals surface area (Å²) in [6, 6.07) is 0.835. The van der Waals surface area contributed by atoms with Gasteiger partial charge in [0.15, 0.2) is 4.90 Å². The summed E-state index contributed by atoms with van der Waals surface area (Å²) in [7, 11) is -3.91. The van der Waals surface area contributed by atoms with E-state index in [1.165, 1.54) is 0 Å². The van der Waals surface area contributed by atoms with Crippen LogP contribution in [0.2, 0.25) is 0 Å². The molecule has 0 N–H and O–H groups in total. The summed E-state index contributed by atoms with van der Waals surface area (Å²) in [5.41, 5.74) is 0. The number of rotatable bonds is 2. The number of methoxy groups -OCH3 is 1. The second-order valence-corrected chi connectivity index (χ2v) is 3.36. The third-order valence-corrected chi connectivity index (χ3v) is 2.11. The average Bonchev–Trinajstić information content (AvgIpc) is 2.49. The normalized spacial score (nSPS) is 11.2. The molecule has 0 radical (unpaired) electrons. The SMILES string of the molecule is COC(=O)c1occc1S(=O)(=O)F. The summed E-state index contributed by atoms with van der Waals surface area (Å²) in [5, 5.41) is 0. The van der Waals surface area contributed by atoms with Crippen molar-refractivity contribution in [2.24, 2.45) is 0 Å². The van der Waals surface area contributed by atoms with Crippen molar-refractivity contribution in [3.8, 4) is 0 Å². The first-order valence-electron chi connectivity index (χ1n) is 3.07. The van der Waals surface area contributed by atoms with Gasteiger partial charge in [-0.3, -0.25) is 0 Å². The van der Waals surface area contributed by atoms with Crippen LogP contribution in [-0.2, 0) is 15.0 Å². The molecule has 0 fully saturated rings. The van der Waals surface area contributed by atoms with Gasteiger partial charge in [-0.2, -0.15) is 8.42 Å². The van der Waals surface area contributed by atoms with E-state index in [0.29, 0.717) is 0 Å². The number of ether oxygens (including phenoxy) is 1. The highest BCUT2D eigenvalue weighted by Gasteiger charge is 2.25. The second kappa shape index (κ2) is 3.17. The predicted octanol–water partition coefficient (Wildman–Crippen LogP) is 0.724. The van der Waals surface area contributed by atoms with Crippen molar-refractivity contribution in [3.63, 3.8) is 0 Å². The van der Waals surface area contributed by atoms with Crippen LogP contribution in [0.15, 0.2) is 21.6 Å². The molecule has 0 saturated heterocycles. The van der Waals surface area contributed by atoms with Gasteiger partial charge in [0.2, 0.25) is 5.76 Å². The lowest BCUT2D eigenvalue weighted by molar-refractivity contribution is 0.0559. The van der Waals surface area contributed by atoms with Gasteiger partial charge in [-0.25, -0.2) is 4.79 Å². The highest BCUT2D eigenvalue weighted by Crippen LogP contribution is 2.19. The third-order valence-electron chi connectivity index (χ3n) is 1.26. The molecule has 0 aromatic carbocycles. The first-order chi connectivity index (χ1) is 5.96. The molecular weight excluding hydrogens is 203 g/mol. The molecule has 1 aromatic rings. The summed E-state index contributed by atoms with van der Waals surface area (Å²) in [5.74, 6) is -1.70. The maximum absolute atomic E-state index is 12.4. The Labute approximate surface area is 73.3 Å². The Morgan fingerprint density at radius 3 is 2.69 bits per heavy atom. The minimum absolute atomic E-state index is 0.662. The summed E-state index contributed by atoms with van der Waals surface area (Å²) >= 11 is 0. The molecule has 1 aromatic heterocycles. The maximum atomic E-state index is 12.4. The second-order valence-electron chi connectivity index (χ2n) is 2.04. The van der Waals surface area contributed by atoms with Gasteiger partial charge in [0, 0.05) is 0 Å². The molecule has 13 heavy (non-hydrogen) atoms. The molecule has 0 spiro atoms. The summed E-state index contributed by atoms with van der Waals surface area (Å²) in [6.45, 7) is 0. The van der Waals surface area contributed by atoms with Gasteiger partial charge in [0.25, 0.3) is 0 Å². The van der Waals surface area contributed by atoms with Gasteiger partial charge in [-0.15, -0.1) is 3.89 Å². The fraction of sp³-hybridized carbons (Fsp3) is 0.167. The van der Waals surface area contributed by atoms with E-state index in [4.69, 9.17) is 0 Å². The molecule has 0 aliphatic carbocycles. The Kier molecular flexibility index (Phi) is 2.37. The number of halogens is 1. The minimum atomic E-state index is -4.94. The zero-order valence-electron chi connectivity index (χ0n) is 6.48. The van der Waals surface area contributed by atoms with Crippen molar-refractivity contribution in [1.29, 1.82) is 0 Å². The van der Waals surface area contributed by atoms with Crippen molar-refractivity contribution < 1.29 is 26.3 Å². The van der Waals surface area contributed by atoms with E-state index < -0.39 is 26.8 Å². The highest BCUT2D eigenvalue weighted by atomic mass is 32.3. The summed E-state index contributed by atoms with van der Waals surface area (Å²) < 4.78 is 41.8. The highest BCUT2D eigenvalue weighted by molar-refractivity contribution is 7.86. The predicted molar refractivity (Wildman–Crippen MR) is 38.3 cm³/mol. The lowest BCUT2D eigenvalue weighted by atomic mass is 10.4. The van der Waals surface area contributed by atoms with Crippen LogP contribution >= 0.6 is 0 Å². The Morgan fingerprint density at radius 2 is 2.23 bits per heavy atom. The molecule has 0 aliphatic rings. The van der Waals surface area contributed by atoms with Gasteiger partial charge in [0.05, 0.1) is 13.4 Å². The molecule has 0 atom stereocenters. The third kappa shape index (κ3) is 1.86. The van der Waals surface area contributed by atoms with Gasteiger partial charge >= 0.3 is 16.2 Å². The molecule has 0 saturated carbocycles. The molecule has 7 heteroatoms. The summed E-state index contributed by atoms with van der Waals surface area (Å²) in [6.07, 6.45) is 0.888. The zero-order chi connectivity index (χ0) is 10.1. The topological polar surface area (TPSA) is 73.6 Å². The molecule has 0 amide bonds. The molecular formula is C6H5FO5S. The van der Waals surface area contributed by atoms with E-state index in [1.807, 2.05) is 0 Å². The Hall–Kier alpha value is -1.37. The largest absolute Gasteiger partial charge is 0.463 e. The van der Waals surface area contributed by atoms with Crippen molar-refractivity contribution in [2.75, 3.05) is 7.11 Å². The van der Waals surface area contributed by atoms with Crippen molar-refractivity contribution >= 4 is 16.2 Å². The smallest absolute Gasteiger partial charge is 0.375 e. The number of hydrogen-bond donors (Lipinski definition) is 0. The van der Waals surface area contributed by atoms with E-state index in [0.717, 1.165) is 19.4 Å². The molecule has 1 rings (SSSR count). The van der Waals surface area contributed by atoms with Gasteiger partial charge in [-0.1, -0.05) is 0 Å². The molecule has 1 heterocycles. The van der Waals surface area contributed by atoms with Crippen LogP contribution in [0.25, 0.3) is 0 Å². The minimum Gasteiger partial charge on any atom is -0.463 e. The Morgan fingerprint density at radius 1 is 1.62 bits per heavy atom. The number of carbonyl (C=O) groups excluding carboxylic acids is 1. The van der Waals surface area contributed by atoms with Crippen molar-refractivity contribution in [1.82, 2.24) is 0 Å². The van der Waals surface area contributed by atoms with Gasteiger partial charge in [0.1, 0.15) is 0 Å². The monoisotopic (exact) mass is 208 g/mol. The van der Waals surface area contributed by atoms with E-state index in [1.54, 1.807) is 0 Å². The van der Waals surface area contributed by atoms with Crippen LogP contribution < -0.4 is 0 Å². The molecule has 5 nitrogen and oxygen atoms in total. The fourth-order valence-corrected chi connectivity index (χ4v) is 1.30. The Bertz CT molecular complexity index is 418. The van der Waals surface area contributed by atoms with Crippen LogP contribution in [0.4, 0.5) is 3.89 Å². The molecule has 0 unspecified atom stereocenters. The van der Waals surface area contributed by atoms with Crippen LogP contribution in [0.5, 0.6) is 0 Å². The Balaban J connectivity index is 3.26. The van der Waals surface area contributed by atoms with Crippen LogP contribution in [0, 0.1) is 0 Å². The fourth-order valence-electron chi connectivity index (χ4n) is 0.731. The van der Waals surface area contributed by atoms with Crippen molar-refractivity contribution in [3.05, 3.63) is 18.1 Å². The number of hydrogen-bond acceptors (Lipinski definition) is 5.